The van der Waals surface area contributed by atoms with Gasteiger partial charge in [-0.3, -0.25) is 24.5 Å². The first-order valence-corrected chi connectivity index (χ1v) is 9.27. The standard InChI is InChI=1S/C21H19N3O5/c25-18-10-9-17(20(27)23-18)24-11-15-14(21(24)28)7-4-8-16(15)22-19(26)12-29-13-5-2-1-3-6-13/h1-8,17H,9-12H2,(H,22,26)(H,23,25,27). The van der Waals surface area contributed by atoms with Gasteiger partial charge < -0.3 is 15.0 Å². The van der Waals surface area contributed by atoms with Crippen molar-refractivity contribution in [3.8, 4) is 5.75 Å². The van der Waals surface area contributed by atoms with Gasteiger partial charge in [0.2, 0.25) is 11.8 Å². The smallest absolute Gasteiger partial charge is 0.262 e. The number of carbonyl (C=O) groups is 4. The number of fused-ring (bicyclic) bond motifs is 1. The van der Waals surface area contributed by atoms with Crippen LogP contribution in [0.2, 0.25) is 0 Å². The molecule has 1 unspecified atom stereocenters. The molecule has 29 heavy (non-hydrogen) atoms. The number of ether oxygens (including phenoxy) is 1. The van der Waals surface area contributed by atoms with Crippen LogP contribution in [0.1, 0.15) is 28.8 Å². The van der Waals surface area contributed by atoms with E-state index in [9.17, 15) is 19.2 Å². The highest BCUT2D eigenvalue weighted by atomic mass is 16.5. The summed E-state index contributed by atoms with van der Waals surface area (Å²) in [6, 6.07) is 13.3. The van der Waals surface area contributed by atoms with Crippen LogP contribution in [0.5, 0.6) is 5.75 Å². The predicted molar refractivity (Wildman–Crippen MR) is 103 cm³/mol. The second-order valence-electron chi connectivity index (χ2n) is 6.88. The number of imide groups is 1. The Morgan fingerprint density at radius 2 is 1.90 bits per heavy atom. The summed E-state index contributed by atoms with van der Waals surface area (Å²) >= 11 is 0. The maximum atomic E-state index is 12.8. The summed E-state index contributed by atoms with van der Waals surface area (Å²) in [7, 11) is 0. The Morgan fingerprint density at radius 1 is 1.10 bits per heavy atom. The van der Waals surface area contributed by atoms with Gasteiger partial charge in [-0.15, -0.1) is 0 Å². The number of nitrogens with zero attached hydrogens (tertiary/aromatic N) is 1. The molecule has 8 heteroatoms. The molecule has 0 radical (unpaired) electrons. The van der Waals surface area contributed by atoms with E-state index in [1.54, 1.807) is 30.3 Å². The summed E-state index contributed by atoms with van der Waals surface area (Å²) in [6.45, 7) is 0.0227. The van der Waals surface area contributed by atoms with Crippen molar-refractivity contribution < 1.29 is 23.9 Å². The number of hydrogen-bond donors (Lipinski definition) is 2. The molecule has 1 fully saturated rings. The molecule has 8 nitrogen and oxygen atoms in total. The normalized spacial score (nSPS) is 18.3. The van der Waals surface area contributed by atoms with E-state index in [2.05, 4.69) is 10.6 Å². The number of carbonyl (C=O) groups excluding carboxylic acids is 4. The maximum absolute atomic E-state index is 12.8. The topological polar surface area (TPSA) is 105 Å². The number of nitrogens with one attached hydrogen (secondary N) is 2. The average Bonchev–Trinajstić information content (AvgIpc) is 3.05. The van der Waals surface area contributed by atoms with Gasteiger partial charge in [0, 0.05) is 29.8 Å². The molecule has 0 bridgehead atoms. The van der Waals surface area contributed by atoms with Gasteiger partial charge >= 0.3 is 0 Å². The number of hydrogen-bond acceptors (Lipinski definition) is 5. The second-order valence-corrected chi connectivity index (χ2v) is 6.88. The summed E-state index contributed by atoms with van der Waals surface area (Å²) in [5.74, 6) is -0.855. The molecule has 4 rings (SSSR count). The fourth-order valence-corrected chi connectivity index (χ4v) is 3.55. The lowest BCUT2D eigenvalue weighted by Crippen LogP contribution is -2.52. The van der Waals surface area contributed by atoms with Gasteiger partial charge in [-0.2, -0.15) is 0 Å². The van der Waals surface area contributed by atoms with Crippen LogP contribution in [0.3, 0.4) is 0 Å². The minimum atomic E-state index is -0.697. The molecule has 0 aliphatic carbocycles. The van der Waals surface area contributed by atoms with E-state index < -0.39 is 11.9 Å². The van der Waals surface area contributed by atoms with Crippen molar-refractivity contribution in [2.75, 3.05) is 11.9 Å². The highest BCUT2D eigenvalue weighted by Crippen LogP contribution is 2.32. The summed E-state index contributed by atoms with van der Waals surface area (Å²) in [5.41, 5.74) is 1.60. The number of amides is 4. The molecular formula is C21H19N3O5. The number of anilines is 1. The van der Waals surface area contributed by atoms with E-state index >= 15 is 0 Å². The molecule has 2 aliphatic rings. The summed E-state index contributed by atoms with van der Waals surface area (Å²) in [4.78, 5) is 50.1. The second kappa shape index (κ2) is 7.75. The minimum Gasteiger partial charge on any atom is -0.484 e. The lowest BCUT2D eigenvalue weighted by Gasteiger charge is -2.29. The zero-order valence-electron chi connectivity index (χ0n) is 15.5. The number of benzene rings is 2. The van der Waals surface area contributed by atoms with Crippen LogP contribution in [0, 0.1) is 0 Å². The van der Waals surface area contributed by atoms with Gasteiger partial charge in [-0.1, -0.05) is 24.3 Å². The molecule has 2 aromatic carbocycles. The summed E-state index contributed by atoms with van der Waals surface area (Å²) in [6.07, 6.45) is 0.480. The van der Waals surface area contributed by atoms with Crippen molar-refractivity contribution in [3.63, 3.8) is 0 Å². The first-order chi connectivity index (χ1) is 14.0. The molecule has 0 spiro atoms. The van der Waals surface area contributed by atoms with E-state index in [0.717, 1.165) is 0 Å². The molecule has 1 atom stereocenters. The number of rotatable bonds is 5. The van der Waals surface area contributed by atoms with E-state index in [0.29, 0.717) is 22.6 Å². The predicted octanol–water partition coefficient (Wildman–Crippen LogP) is 1.47. The molecule has 2 aromatic rings. The molecular weight excluding hydrogens is 374 g/mol. The van der Waals surface area contributed by atoms with Crippen LogP contribution in [0.25, 0.3) is 0 Å². The monoisotopic (exact) mass is 393 g/mol. The van der Waals surface area contributed by atoms with Crippen LogP contribution in [0.4, 0.5) is 5.69 Å². The van der Waals surface area contributed by atoms with Crippen molar-refractivity contribution >= 4 is 29.3 Å². The summed E-state index contributed by atoms with van der Waals surface area (Å²) < 4.78 is 5.45. The van der Waals surface area contributed by atoms with Gasteiger partial charge in [0.1, 0.15) is 11.8 Å². The molecule has 2 N–H and O–H groups in total. The minimum absolute atomic E-state index is 0.168. The maximum Gasteiger partial charge on any atom is 0.262 e. The van der Waals surface area contributed by atoms with Crippen LogP contribution < -0.4 is 15.4 Å². The summed E-state index contributed by atoms with van der Waals surface area (Å²) in [5, 5.41) is 5.05. The number of para-hydroxylation sites is 1. The molecule has 2 heterocycles. The Labute approximate surface area is 166 Å². The Hall–Kier alpha value is -3.68. The highest BCUT2D eigenvalue weighted by molar-refractivity contribution is 6.06. The third-order valence-corrected chi connectivity index (χ3v) is 4.97. The van der Waals surface area contributed by atoms with Gasteiger partial charge in [-0.05, 0) is 30.7 Å². The van der Waals surface area contributed by atoms with Crippen molar-refractivity contribution in [2.45, 2.75) is 25.4 Å². The van der Waals surface area contributed by atoms with E-state index in [1.165, 1.54) is 4.90 Å². The van der Waals surface area contributed by atoms with Gasteiger partial charge in [0.25, 0.3) is 11.8 Å². The first-order valence-electron chi connectivity index (χ1n) is 9.27. The Bertz CT molecular complexity index is 989. The Balaban J connectivity index is 1.46. The lowest BCUT2D eigenvalue weighted by molar-refractivity contribution is -0.137. The van der Waals surface area contributed by atoms with Crippen LogP contribution in [-0.2, 0) is 20.9 Å². The Morgan fingerprint density at radius 3 is 2.66 bits per heavy atom. The SMILES string of the molecule is O=C1CCC(N2Cc3c(NC(=O)COc4ccccc4)cccc3C2=O)C(=O)N1. The molecule has 4 amide bonds. The third kappa shape index (κ3) is 3.82. The molecule has 148 valence electrons. The average molecular weight is 393 g/mol. The van der Waals surface area contributed by atoms with E-state index in [1.807, 2.05) is 18.2 Å². The third-order valence-electron chi connectivity index (χ3n) is 4.97. The molecule has 2 aliphatic heterocycles. The first kappa shape index (κ1) is 18.7. The van der Waals surface area contributed by atoms with Gasteiger partial charge in [-0.25, -0.2) is 0 Å². The molecule has 1 saturated heterocycles. The lowest BCUT2D eigenvalue weighted by atomic mass is 10.0. The van der Waals surface area contributed by atoms with Crippen molar-refractivity contribution in [2.24, 2.45) is 0 Å². The zero-order valence-corrected chi connectivity index (χ0v) is 15.5. The van der Waals surface area contributed by atoms with Crippen LogP contribution in [0.15, 0.2) is 48.5 Å². The molecule has 0 saturated carbocycles. The number of piperidine rings is 1. The van der Waals surface area contributed by atoms with Crippen molar-refractivity contribution in [1.29, 1.82) is 0 Å². The fourth-order valence-electron chi connectivity index (χ4n) is 3.55. The Kier molecular flexibility index (Phi) is 4.99. The molecule has 0 aromatic heterocycles. The fraction of sp³-hybridized carbons (Fsp3) is 0.238. The van der Waals surface area contributed by atoms with Crippen LogP contribution >= 0.6 is 0 Å². The largest absolute Gasteiger partial charge is 0.484 e. The van der Waals surface area contributed by atoms with E-state index in [4.69, 9.17) is 4.74 Å². The van der Waals surface area contributed by atoms with Crippen molar-refractivity contribution in [3.05, 3.63) is 59.7 Å². The highest BCUT2D eigenvalue weighted by Gasteiger charge is 2.39. The van der Waals surface area contributed by atoms with E-state index in [-0.39, 0.29) is 43.7 Å². The van der Waals surface area contributed by atoms with Gasteiger partial charge in [0.15, 0.2) is 6.61 Å². The quantitative estimate of drug-likeness (QED) is 0.749. The van der Waals surface area contributed by atoms with Crippen LogP contribution in [-0.4, -0.2) is 41.2 Å². The zero-order chi connectivity index (χ0) is 20.4. The van der Waals surface area contributed by atoms with Crippen molar-refractivity contribution in [1.82, 2.24) is 10.2 Å². The van der Waals surface area contributed by atoms with Gasteiger partial charge in [0.05, 0.1) is 0 Å².